The van der Waals surface area contributed by atoms with Crippen molar-refractivity contribution in [2.75, 3.05) is 58.6 Å². The molecule has 67 heavy (non-hydrogen) atoms. The minimum absolute atomic E-state index is 0.00500. The summed E-state index contributed by atoms with van der Waals surface area (Å²) in [5, 5.41) is 19.2. The number of aromatic amines is 1. The second-order valence-corrected chi connectivity index (χ2v) is 16.6. The number of aryl methyl sites for hydroxylation is 3. The van der Waals surface area contributed by atoms with Crippen molar-refractivity contribution in [1.82, 2.24) is 45.4 Å². The maximum Gasteiger partial charge on any atom is 0.289 e. The third kappa shape index (κ3) is 9.59. The highest BCUT2D eigenvalue weighted by atomic mass is 16.5. The third-order valence-corrected chi connectivity index (χ3v) is 12.1. The summed E-state index contributed by atoms with van der Waals surface area (Å²) in [6, 6.07) is 10.6. The molecule has 4 amide bonds. The summed E-state index contributed by atoms with van der Waals surface area (Å²) in [7, 11) is 1.62. The minimum atomic E-state index is -0.681. The highest BCUT2D eigenvalue weighted by Crippen LogP contribution is 2.43. The number of carbonyl (C=O) groups is 4. The van der Waals surface area contributed by atoms with Crippen molar-refractivity contribution in [3.05, 3.63) is 76.1 Å². The number of hydrogen-bond donors (Lipinski definition) is 4. The van der Waals surface area contributed by atoms with Gasteiger partial charge < -0.3 is 44.0 Å². The fraction of sp³-hybridized carbons (Fsp3) is 0.417. The SMILES string of the molecule is CCn1nc(C2CC2)cc1Nc1nc(C(=O)NCCCOCCOCCOCC#Cc2cccc3c2CN(C2CCC(=O)NC2=O)C3=O)nc2[nH]c3cc(-c4c(C)noc4C)c(OC)cc3c12. The van der Waals surface area contributed by atoms with Gasteiger partial charge in [-0.05, 0) is 76.3 Å². The number of nitrogens with zero attached hydrogens (tertiary/aromatic N) is 6. The molecule has 19 nitrogen and oxygen atoms in total. The standard InChI is InChI=1S/C48H52N10O9/c1-5-58-39(25-35(55-58)30-12-13-30)51-44-42-32-24-38(63-4)33(41-27(2)56-67-28(41)3)23-36(32)50-43(42)53-45(54-44)47(61)49-16-8-18-65-20-22-66-21-19-64-17-7-10-29-9-6-11-31-34(29)26-57(48(31)62)37-14-15-40(59)52-46(37)60/h6,9,11,23-25,30,37H,5,8,12-22,26H2,1-4H3,(H,49,61)(H,52,59,60)(H2,50,51,53,54). The molecule has 0 bridgehead atoms. The van der Waals surface area contributed by atoms with Gasteiger partial charge in [0, 0.05) is 72.2 Å². The Balaban J connectivity index is 0.745. The first-order valence-corrected chi connectivity index (χ1v) is 22.6. The van der Waals surface area contributed by atoms with E-state index in [4.69, 9.17) is 38.5 Å². The summed E-state index contributed by atoms with van der Waals surface area (Å²) in [4.78, 5) is 65.1. The van der Waals surface area contributed by atoms with Crippen LogP contribution < -0.4 is 20.7 Å². The Hall–Kier alpha value is -7.14. The van der Waals surface area contributed by atoms with E-state index >= 15 is 0 Å². The van der Waals surface area contributed by atoms with Crippen molar-refractivity contribution in [2.45, 2.75) is 77.9 Å². The smallest absolute Gasteiger partial charge is 0.289 e. The maximum atomic E-state index is 13.6. The Labute approximate surface area is 385 Å². The molecule has 1 unspecified atom stereocenters. The number of fused-ring (bicyclic) bond motifs is 4. The Kier molecular flexibility index (Phi) is 13.3. The molecule has 1 aliphatic carbocycles. The number of anilines is 2. The van der Waals surface area contributed by atoms with Gasteiger partial charge in [0.05, 0.1) is 55.9 Å². The molecule has 3 aliphatic rings. The molecule has 6 heterocycles. The van der Waals surface area contributed by atoms with E-state index in [1.165, 1.54) is 4.90 Å². The zero-order valence-corrected chi connectivity index (χ0v) is 37.9. The van der Waals surface area contributed by atoms with Crippen molar-refractivity contribution in [2.24, 2.45) is 0 Å². The van der Waals surface area contributed by atoms with Crippen LogP contribution in [0, 0.1) is 25.7 Å². The van der Waals surface area contributed by atoms with Crippen LogP contribution in [-0.2, 0) is 36.9 Å². The molecular weight excluding hydrogens is 861 g/mol. The highest BCUT2D eigenvalue weighted by molar-refractivity contribution is 6.14. The van der Waals surface area contributed by atoms with Gasteiger partial charge in [-0.2, -0.15) is 5.10 Å². The van der Waals surface area contributed by atoms with E-state index in [1.54, 1.807) is 19.2 Å². The number of H-pyrrole nitrogens is 1. The van der Waals surface area contributed by atoms with Gasteiger partial charge in [-0.15, -0.1) is 0 Å². The molecule has 2 aliphatic heterocycles. The molecule has 348 valence electrons. The van der Waals surface area contributed by atoms with Gasteiger partial charge in [0.25, 0.3) is 11.8 Å². The fourth-order valence-electron chi connectivity index (χ4n) is 8.58. The molecule has 6 aromatic rings. The molecular formula is C48H52N10O9. The van der Waals surface area contributed by atoms with Crippen LogP contribution in [0.1, 0.15) is 94.2 Å². The van der Waals surface area contributed by atoms with Gasteiger partial charge in [-0.3, -0.25) is 24.5 Å². The van der Waals surface area contributed by atoms with Crippen molar-refractivity contribution >= 4 is 57.2 Å². The predicted molar refractivity (Wildman–Crippen MR) is 245 cm³/mol. The van der Waals surface area contributed by atoms with Crippen LogP contribution in [-0.4, -0.2) is 118 Å². The van der Waals surface area contributed by atoms with Crippen LogP contribution in [0.3, 0.4) is 0 Å². The Morgan fingerprint density at radius 3 is 2.54 bits per heavy atom. The van der Waals surface area contributed by atoms with Crippen LogP contribution in [0.2, 0.25) is 0 Å². The van der Waals surface area contributed by atoms with Crippen LogP contribution in [0.15, 0.2) is 40.9 Å². The first kappa shape index (κ1) is 45.0. The molecule has 0 radical (unpaired) electrons. The van der Waals surface area contributed by atoms with E-state index in [2.05, 4.69) is 44.0 Å². The van der Waals surface area contributed by atoms with E-state index < -0.39 is 17.9 Å². The minimum Gasteiger partial charge on any atom is -0.496 e. The number of nitrogens with one attached hydrogen (secondary N) is 4. The third-order valence-electron chi connectivity index (χ3n) is 12.1. The van der Waals surface area contributed by atoms with Gasteiger partial charge in [-0.25, -0.2) is 14.6 Å². The van der Waals surface area contributed by atoms with E-state index in [0.29, 0.717) is 104 Å². The summed E-state index contributed by atoms with van der Waals surface area (Å²) < 4.78 is 30.3. The topological polar surface area (TPSA) is 230 Å². The average Bonchev–Trinajstić information content (AvgIpc) is 3.69. The van der Waals surface area contributed by atoms with E-state index in [0.717, 1.165) is 57.6 Å². The van der Waals surface area contributed by atoms with E-state index in [9.17, 15) is 19.2 Å². The van der Waals surface area contributed by atoms with Crippen molar-refractivity contribution in [1.29, 1.82) is 0 Å². The van der Waals surface area contributed by atoms with Crippen LogP contribution in [0.25, 0.3) is 33.1 Å². The summed E-state index contributed by atoms with van der Waals surface area (Å²) in [6.07, 6.45) is 3.30. The van der Waals surface area contributed by atoms with E-state index in [1.807, 2.05) is 43.7 Å². The maximum absolute atomic E-state index is 13.6. The van der Waals surface area contributed by atoms with Gasteiger partial charge in [0.15, 0.2) is 0 Å². The number of amides is 4. The highest BCUT2D eigenvalue weighted by Gasteiger charge is 2.39. The molecule has 19 heteroatoms. The van der Waals surface area contributed by atoms with Crippen LogP contribution in [0.5, 0.6) is 5.75 Å². The molecule has 1 saturated heterocycles. The Morgan fingerprint density at radius 2 is 1.79 bits per heavy atom. The zero-order chi connectivity index (χ0) is 46.6. The fourth-order valence-corrected chi connectivity index (χ4v) is 8.58. The molecule has 4 N–H and O–H groups in total. The summed E-state index contributed by atoms with van der Waals surface area (Å²) in [5.74, 6) is 7.64. The van der Waals surface area contributed by atoms with Gasteiger partial charge >= 0.3 is 0 Å². The lowest BCUT2D eigenvalue weighted by Gasteiger charge is -2.29. The number of hydrogen-bond acceptors (Lipinski definition) is 14. The number of imide groups is 1. The number of piperidine rings is 1. The Bertz CT molecular complexity index is 2920. The lowest BCUT2D eigenvalue weighted by molar-refractivity contribution is -0.136. The van der Waals surface area contributed by atoms with Crippen molar-refractivity contribution in [3.63, 3.8) is 0 Å². The van der Waals surface area contributed by atoms with Gasteiger partial charge in [-0.1, -0.05) is 23.1 Å². The molecule has 2 fully saturated rings. The quantitative estimate of drug-likeness (QED) is 0.0465. The number of methoxy groups -OCH3 is 1. The van der Waals surface area contributed by atoms with Crippen molar-refractivity contribution < 1.29 is 42.6 Å². The van der Waals surface area contributed by atoms with Gasteiger partial charge in [0.2, 0.25) is 17.6 Å². The molecule has 1 atom stereocenters. The summed E-state index contributed by atoms with van der Waals surface area (Å²) in [6.45, 7) is 9.05. The zero-order valence-electron chi connectivity index (χ0n) is 37.9. The van der Waals surface area contributed by atoms with Crippen LogP contribution in [0.4, 0.5) is 11.6 Å². The molecule has 4 aromatic heterocycles. The Morgan fingerprint density at radius 1 is 0.985 bits per heavy atom. The van der Waals surface area contributed by atoms with E-state index in [-0.39, 0.29) is 37.2 Å². The lowest BCUT2D eigenvalue weighted by Crippen LogP contribution is -2.52. The predicted octanol–water partition coefficient (Wildman–Crippen LogP) is 5.21. The molecule has 9 rings (SSSR count). The van der Waals surface area contributed by atoms with Crippen molar-refractivity contribution in [3.8, 4) is 28.7 Å². The summed E-state index contributed by atoms with van der Waals surface area (Å²) >= 11 is 0. The monoisotopic (exact) mass is 912 g/mol. The number of benzene rings is 2. The normalized spacial score (nSPS) is 15.8. The first-order chi connectivity index (χ1) is 32.6. The number of ether oxygens (including phenoxy) is 4. The molecule has 0 spiro atoms. The lowest BCUT2D eigenvalue weighted by atomic mass is 10.0. The largest absolute Gasteiger partial charge is 0.496 e. The molecule has 1 saturated carbocycles. The second kappa shape index (κ2) is 19.8. The second-order valence-electron chi connectivity index (χ2n) is 16.6. The number of carbonyl (C=O) groups excluding carboxylic acids is 4. The first-order valence-electron chi connectivity index (χ1n) is 22.6. The average molecular weight is 913 g/mol. The number of aromatic nitrogens is 6. The van der Waals surface area contributed by atoms with Gasteiger partial charge in [0.1, 0.15) is 41.4 Å². The number of rotatable bonds is 19. The molecule has 2 aromatic carbocycles. The summed E-state index contributed by atoms with van der Waals surface area (Å²) in [5.41, 5.74) is 6.68. The van der Waals surface area contributed by atoms with Crippen LogP contribution >= 0.6 is 0 Å².